The van der Waals surface area contributed by atoms with Gasteiger partial charge in [-0.15, -0.1) is 0 Å². The number of rotatable bonds is 3. The Morgan fingerprint density at radius 3 is 2.17 bits per heavy atom. The zero-order chi connectivity index (χ0) is 25.0. The van der Waals surface area contributed by atoms with Crippen molar-refractivity contribution in [3.05, 3.63) is 100 Å². The summed E-state index contributed by atoms with van der Waals surface area (Å²) in [4.78, 5) is 12.6. The van der Waals surface area contributed by atoms with Crippen molar-refractivity contribution >= 4 is 42.7 Å². The number of aryl methyl sites for hydroxylation is 2. The number of sulfone groups is 2. The molecule has 1 aromatic heterocycles. The number of hydrogen-bond acceptors (Lipinski definition) is 7. The molecule has 1 aliphatic heterocycles. The molecule has 0 spiro atoms. The van der Waals surface area contributed by atoms with Crippen molar-refractivity contribution < 1.29 is 16.8 Å². The molecule has 35 heavy (non-hydrogen) atoms. The lowest BCUT2D eigenvalue weighted by Crippen LogP contribution is -2.11. The van der Waals surface area contributed by atoms with E-state index in [-0.39, 0.29) is 21.2 Å². The van der Waals surface area contributed by atoms with Crippen LogP contribution in [0.1, 0.15) is 22.3 Å². The molecule has 176 valence electrons. The van der Waals surface area contributed by atoms with Crippen LogP contribution in [-0.4, -0.2) is 32.5 Å². The molecule has 0 radical (unpaired) electrons. The zero-order valence-corrected chi connectivity index (χ0v) is 21.0. The van der Waals surface area contributed by atoms with E-state index in [1.165, 1.54) is 18.2 Å². The van der Waals surface area contributed by atoms with Crippen molar-refractivity contribution in [3.63, 3.8) is 0 Å². The maximum Gasteiger partial charge on any atom is 0.226 e. The molecule has 0 bridgehead atoms. The summed E-state index contributed by atoms with van der Waals surface area (Å²) in [6.07, 6.45) is 0.939. The summed E-state index contributed by atoms with van der Waals surface area (Å²) in [5.41, 5.74) is 2.53. The molecule has 0 fully saturated rings. The molecule has 0 unspecified atom stereocenters. The highest BCUT2D eigenvalue weighted by Gasteiger charge is 2.36. The van der Waals surface area contributed by atoms with Gasteiger partial charge in [0.1, 0.15) is 12.0 Å². The summed E-state index contributed by atoms with van der Waals surface area (Å²) in [5.74, 6) is 0. The fourth-order valence-electron chi connectivity index (χ4n) is 3.83. The van der Waals surface area contributed by atoms with Crippen LogP contribution in [0.25, 0.3) is 0 Å². The smallest absolute Gasteiger partial charge is 0.226 e. The van der Waals surface area contributed by atoms with Crippen LogP contribution in [-0.2, 0) is 19.7 Å². The number of aromatic nitrogens is 2. The Balaban J connectivity index is 1.88. The highest BCUT2D eigenvalue weighted by Crippen LogP contribution is 2.40. The summed E-state index contributed by atoms with van der Waals surface area (Å²) in [6.45, 7) is 3.67. The first kappa shape index (κ1) is 23.3. The SMILES string of the molecule is Cc1ccc(S(=O)(=O)c2ncnc3c2N=C(c2ccc(Cl)cc2)c2cc(C)ccc2S3(=O)=O)cc1. The minimum absolute atomic E-state index is 0.0204. The lowest BCUT2D eigenvalue weighted by atomic mass is 10.0. The molecule has 2 heterocycles. The molecule has 0 N–H and O–H groups in total. The van der Waals surface area contributed by atoms with Gasteiger partial charge in [0.2, 0.25) is 19.7 Å². The second-order valence-electron chi connectivity index (χ2n) is 8.12. The Hall–Kier alpha value is -3.40. The second kappa shape index (κ2) is 8.37. The Labute approximate surface area is 208 Å². The van der Waals surface area contributed by atoms with E-state index >= 15 is 0 Å². The van der Waals surface area contributed by atoms with Crippen LogP contribution >= 0.6 is 11.6 Å². The highest BCUT2D eigenvalue weighted by molar-refractivity contribution is 7.92. The van der Waals surface area contributed by atoms with Crippen molar-refractivity contribution in [2.75, 3.05) is 0 Å². The van der Waals surface area contributed by atoms with Gasteiger partial charge in [-0.05, 0) is 50.2 Å². The van der Waals surface area contributed by atoms with Gasteiger partial charge in [0.25, 0.3) is 0 Å². The molecule has 4 aromatic rings. The van der Waals surface area contributed by atoms with Gasteiger partial charge in [-0.3, -0.25) is 0 Å². The first-order valence-corrected chi connectivity index (χ1v) is 13.8. The van der Waals surface area contributed by atoms with Gasteiger partial charge in [-0.1, -0.05) is 53.1 Å². The zero-order valence-electron chi connectivity index (χ0n) is 18.6. The predicted molar refractivity (Wildman–Crippen MR) is 132 cm³/mol. The van der Waals surface area contributed by atoms with Crippen LogP contribution in [0.4, 0.5) is 5.69 Å². The molecule has 0 amide bonds. The van der Waals surface area contributed by atoms with Gasteiger partial charge >= 0.3 is 0 Å². The summed E-state index contributed by atoms with van der Waals surface area (Å²) >= 11 is 6.06. The Morgan fingerprint density at radius 2 is 1.49 bits per heavy atom. The van der Waals surface area contributed by atoms with E-state index in [1.807, 2.05) is 13.8 Å². The Bertz CT molecular complexity index is 1730. The monoisotopic (exact) mass is 523 g/mol. The fourth-order valence-corrected chi connectivity index (χ4v) is 6.81. The minimum atomic E-state index is -4.23. The number of nitrogens with zero attached hydrogens (tertiary/aromatic N) is 3. The summed E-state index contributed by atoms with van der Waals surface area (Å²) in [7, 11) is -8.45. The van der Waals surface area contributed by atoms with Gasteiger partial charge in [0.05, 0.1) is 15.5 Å². The van der Waals surface area contributed by atoms with Crippen LogP contribution in [0, 0.1) is 13.8 Å². The highest BCUT2D eigenvalue weighted by atomic mass is 35.5. The van der Waals surface area contributed by atoms with Crippen molar-refractivity contribution in [2.45, 2.75) is 33.7 Å². The molecular weight excluding hydrogens is 506 g/mol. The van der Waals surface area contributed by atoms with Gasteiger partial charge in [-0.2, -0.15) is 0 Å². The minimum Gasteiger partial charge on any atom is -0.242 e. The van der Waals surface area contributed by atoms with Crippen molar-refractivity contribution in [2.24, 2.45) is 4.99 Å². The predicted octanol–water partition coefficient (Wildman–Crippen LogP) is 4.89. The van der Waals surface area contributed by atoms with Crippen LogP contribution in [0.15, 0.2) is 97.9 Å². The largest absolute Gasteiger partial charge is 0.242 e. The van der Waals surface area contributed by atoms with Gasteiger partial charge in [0.15, 0.2) is 10.1 Å². The quantitative estimate of drug-likeness (QED) is 0.311. The molecule has 1 aliphatic rings. The van der Waals surface area contributed by atoms with Crippen LogP contribution in [0.2, 0.25) is 5.02 Å². The second-order valence-corrected chi connectivity index (χ2v) is 12.3. The van der Waals surface area contributed by atoms with Crippen LogP contribution < -0.4 is 0 Å². The van der Waals surface area contributed by atoms with Gasteiger partial charge < -0.3 is 0 Å². The number of benzene rings is 3. The maximum absolute atomic E-state index is 13.7. The third-order valence-corrected chi connectivity index (χ3v) is 9.31. The maximum atomic E-state index is 13.7. The molecule has 0 atom stereocenters. The molecule has 7 nitrogen and oxygen atoms in total. The average molecular weight is 524 g/mol. The Morgan fingerprint density at radius 1 is 0.829 bits per heavy atom. The Kier molecular flexibility index (Phi) is 5.58. The lowest BCUT2D eigenvalue weighted by Gasteiger charge is -2.10. The first-order chi connectivity index (χ1) is 16.6. The molecule has 0 saturated carbocycles. The lowest BCUT2D eigenvalue weighted by molar-refractivity contribution is 0.587. The van der Waals surface area contributed by atoms with Crippen LogP contribution in [0.5, 0.6) is 0 Å². The summed E-state index contributed by atoms with van der Waals surface area (Å²) in [5, 5.41) is -0.454. The van der Waals surface area contributed by atoms with Crippen molar-refractivity contribution in [3.8, 4) is 0 Å². The number of fused-ring (bicyclic) bond motifs is 2. The van der Waals surface area contributed by atoms with Gasteiger partial charge in [-0.25, -0.2) is 31.8 Å². The van der Waals surface area contributed by atoms with Gasteiger partial charge in [0, 0.05) is 16.1 Å². The van der Waals surface area contributed by atoms with Crippen LogP contribution in [0.3, 0.4) is 0 Å². The van der Waals surface area contributed by atoms with Crippen molar-refractivity contribution in [1.29, 1.82) is 0 Å². The van der Waals surface area contributed by atoms with E-state index in [9.17, 15) is 16.8 Å². The summed E-state index contributed by atoms with van der Waals surface area (Å²) < 4.78 is 54.6. The number of hydrogen-bond donors (Lipinski definition) is 0. The molecule has 5 rings (SSSR count). The fraction of sp³-hybridized carbons (Fsp3) is 0.0800. The molecule has 3 aromatic carbocycles. The first-order valence-electron chi connectivity index (χ1n) is 10.5. The molecule has 0 aliphatic carbocycles. The van der Waals surface area contributed by atoms with E-state index in [4.69, 9.17) is 11.6 Å². The molecular formula is C25H18ClN3O4S2. The topological polar surface area (TPSA) is 106 Å². The average Bonchev–Trinajstić information content (AvgIpc) is 2.92. The van der Waals surface area contributed by atoms with E-state index in [0.29, 0.717) is 16.1 Å². The van der Waals surface area contributed by atoms with E-state index in [1.54, 1.807) is 48.5 Å². The van der Waals surface area contributed by atoms with Crippen molar-refractivity contribution in [1.82, 2.24) is 9.97 Å². The standard InChI is InChI=1S/C25H18ClN3O4S2/c1-15-3-10-19(11-4-15)34(30,31)24-23-25(28-14-27-24)35(32,33)21-12-5-16(2)13-20(21)22(29-23)17-6-8-18(26)9-7-17/h3-14H,1-2H3. The van der Waals surface area contributed by atoms with E-state index in [0.717, 1.165) is 17.5 Å². The van der Waals surface area contributed by atoms with E-state index < -0.39 is 29.7 Å². The third-order valence-electron chi connectivity index (χ3n) is 5.62. The molecule has 0 saturated heterocycles. The number of aliphatic imine (C=N–C) groups is 1. The third kappa shape index (κ3) is 3.95. The normalized spacial score (nSPS) is 14.4. The van der Waals surface area contributed by atoms with E-state index in [2.05, 4.69) is 15.0 Å². The molecule has 10 heteroatoms. The number of halogens is 1. The summed E-state index contributed by atoms with van der Waals surface area (Å²) in [6, 6.07) is 17.8.